The Kier molecular flexibility index (Phi) is 9.88. The predicted octanol–water partition coefficient (Wildman–Crippen LogP) is 8.65. The Morgan fingerprint density at radius 1 is 0.691 bits per heavy atom. The highest BCUT2D eigenvalue weighted by atomic mass is 35.5. The second kappa shape index (κ2) is 14.8. The Bertz CT molecular complexity index is 2340. The summed E-state index contributed by atoms with van der Waals surface area (Å²) in [5, 5.41) is 20.1. The molecule has 13 nitrogen and oxygen atoms in total. The van der Waals surface area contributed by atoms with E-state index < -0.39 is 0 Å². The third-order valence-electron chi connectivity index (χ3n) is 10.3. The quantitative estimate of drug-likeness (QED) is 0.139. The number of amides is 2. The van der Waals surface area contributed by atoms with E-state index >= 15 is 0 Å². The lowest BCUT2D eigenvalue weighted by molar-refractivity contribution is 0.101. The van der Waals surface area contributed by atoms with Crippen LogP contribution >= 0.6 is 23.7 Å². The molecule has 0 aromatic carbocycles. The number of halogens is 1. The minimum absolute atomic E-state index is 0. The highest BCUT2D eigenvalue weighted by Crippen LogP contribution is 2.46. The number of thiazole rings is 1. The molecular formula is C40H43ClN10O3S. The Morgan fingerprint density at radius 2 is 1.18 bits per heavy atom. The van der Waals surface area contributed by atoms with Crippen LogP contribution in [0, 0.1) is 27.7 Å². The molecule has 0 atom stereocenters. The molecule has 2 N–H and O–H groups in total. The molecule has 6 heterocycles. The molecule has 4 aliphatic carbocycles. The van der Waals surface area contributed by atoms with Crippen LogP contribution < -0.4 is 10.6 Å². The summed E-state index contributed by atoms with van der Waals surface area (Å²) < 4.78 is 9.03. The van der Waals surface area contributed by atoms with Crippen molar-refractivity contribution in [2.75, 3.05) is 10.6 Å². The largest absolute Gasteiger partial charge is 0.361 e. The van der Waals surface area contributed by atoms with Crippen LogP contribution in [0.5, 0.6) is 0 Å². The van der Waals surface area contributed by atoms with Crippen molar-refractivity contribution < 1.29 is 14.1 Å². The van der Waals surface area contributed by atoms with Gasteiger partial charge in [-0.1, -0.05) is 5.16 Å². The number of anilines is 2. The van der Waals surface area contributed by atoms with Crippen molar-refractivity contribution in [1.82, 2.24) is 39.7 Å². The minimum atomic E-state index is -0.241. The number of rotatable bonds is 10. The van der Waals surface area contributed by atoms with Crippen LogP contribution in [0.3, 0.4) is 0 Å². The molecule has 0 bridgehead atoms. The van der Waals surface area contributed by atoms with Gasteiger partial charge in [-0.15, -0.1) is 23.7 Å². The first-order chi connectivity index (χ1) is 26.2. The number of hydrogen-bond donors (Lipinski definition) is 2. The molecular weight excluding hydrogens is 736 g/mol. The third kappa shape index (κ3) is 7.97. The van der Waals surface area contributed by atoms with Gasteiger partial charge in [0.15, 0.2) is 11.6 Å². The average Bonchev–Trinajstić information content (AvgIpc) is 3.97. The number of nitrogens with one attached hydrogen (secondary N) is 2. The van der Waals surface area contributed by atoms with Crippen molar-refractivity contribution in [1.29, 1.82) is 0 Å². The summed E-state index contributed by atoms with van der Waals surface area (Å²) in [6.45, 7) is 7.24. The molecule has 0 radical (unpaired) electrons. The van der Waals surface area contributed by atoms with Crippen LogP contribution in [0.25, 0.3) is 11.6 Å². The average molecular weight is 779 g/mol. The summed E-state index contributed by atoms with van der Waals surface area (Å²) in [5.74, 6) is 4.20. The molecule has 0 spiro atoms. The first kappa shape index (κ1) is 36.8. The summed E-state index contributed by atoms with van der Waals surface area (Å²) in [7, 11) is 0. The van der Waals surface area contributed by atoms with Gasteiger partial charge in [0.1, 0.15) is 16.2 Å². The fourth-order valence-electron chi connectivity index (χ4n) is 6.79. The summed E-state index contributed by atoms with van der Waals surface area (Å²) >= 11 is 1.41. The van der Waals surface area contributed by atoms with Crippen molar-refractivity contribution in [2.45, 2.75) is 103 Å². The number of carbonyl (C=O) groups excluding carboxylic acids is 2. The van der Waals surface area contributed by atoms with Crippen LogP contribution in [-0.4, -0.2) is 51.5 Å². The molecule has 0 aliphatic heterocycles. The standard InChI is InChI=1S/C20H21N5O2.C20H21N5OS.ClH/c1-11-19(12(2)27-24-11)20(26)22-15-7-8-18(21-10-15)25-17(14-5-6-14)9-16(23-25)13-3-4-13;1-11-19(27-12(2)22-11)20(26)23-15-7-8-18(21-10-15)25-17(14-5-6-14)9-16(24-25)13-3-4-13;/h7-10,13-14H,3-6H2,1-2H3,(H,22,26);7-10,13-14H,3-6H2,1-2H3,(H,23,26);1H. The monoisotopic (exact) mass is 778 g/mol. The van der Waals surface area contributed by atoms with Gasteiger partial charge < -0.3 is 15.2 Å². The van der Waals surface area contributed by atoms with Gasteiger partial charge in [-0.05, 0) is 115 Å². The van der Waals surface area contributed by atoms with Gasteiger partial charge >= 0.3 is 0 Å². The lowest BCUT2D eigenvalue weighted by Crippen LogP contribution is -2.14. The smallest absolute Gasteiger partial charge is 0.267 e. The zero-order valence-corrected chi connectivity index (χ0v) is 32.8. The third-order valence-corrected chi connectivity index (χ3v) is 11.4. The van der Waals surface area contributed by atoms with E-state index in [2.05, 4.69) is 42.9 Å². The summed E-state index contributed by atoms with van der Waals surface area (Å²) in [6, 6.07) is 12.1. The number of aromatic nitrogens is 8. The zero-order valence-electron chi connectivity index (χ0n) is 31.2. The second-order valence-electron chi connectivity index (χ2n) is 15.0. The molecule has 0 saturated heterocycles. The number of nitrogens with zero attached hydrogens (tertiary/aromatic N) is 8. The van der Waals surface area contributed by atoms with Gasteiger partial charge in [0.25, 0.3) is 11.8 Å². The van der Waals surface area contributed by atoms with Crippen LogP contribution in [-0.2, 0) is 0 Å². The highest BCUT2D eigenvalue weighted by Gasteiger charge is 2.34. The van der Waals surface area contributed by atoms with Gasteiger partial charge in [0.05, 0.1) is 51.6 Å². The van der Waals surface area contributed by atoms with E-state index in [9.17, 15) is 9.59 Å². The van der Waals surface area contributed by atoms with E-state index in [1.54, 1.807) is 26.2 Å². The number of pyridine rings is 2. The Morgan fingerprint density at radius 3 is 1.56 bits per heavy atom. The molecule has 15 heteroatoms. The van der Waals surface area contributed by atoms with Gasteiger partial charge in [0.2, 0.25) is 0 Å². The molecule has 0 unspecified atom stereocenters. The van der Waals surface area contributed by atoms with E-state index in [0.29, 0.717) is 56.9 Å². The van der Waals surface area contributed by atoms with E-state index in [1.807, 2.05) is 47.5 Å². The van der Waals surface area contributed by atoms with Crippen molar-refractivity contribution in [3.05, 3.63) is 104 Å². The fourth-order valence-corrected chi connectivity index (χ4v) is 7.61. The van der Waals surface area contributed by atoms with Crippen molar-refractivity contribution in [2.24, 2.45) is 0 Å². The van der Waals surface area contributed by atoms with Crippen LogP contribution in [0.1, 0.15) is 140 Å². The molecule has 10 rings (SSSR count). The highest BCUT2D eigenvalue weighted by molar-refractivity contribution is 7.13. The number of hydrogen-bond acceptors (Lipinski definition) is 10. The Balaban J connectivity index is 0.000000153. The molecule has 6 aromatic heterocycles. The number of carbonyl (C=O) groups is 2. The summed E-state index contributed by atoms with van der Waals surface area (Å²) in [5.41, 5.74) is 8.04. The normalized spacial score (nSPS) is 16.2. The second-order valence-corrected chi connectivity index (χ2v) is 16.2. The van der Waals surface area contributed by atoms with Crippen LogP contribution in [0.2, 0.25) is 0 Å². The zero-order chi connectivity index (χ0) is 37.1. The lowest BCUT2D eigenvalue weighted by Gasteiger charge is -2.08. The van der Waals surface area contributed by atoms with Crippen LogP contribution in [0.15, 0.2) is 53.3 Å². The first-order valence-electron chi connectivity index (χ1n) is 18.8. The van der Waals surface area contributed by atoms with E-state index in [4.69, 9.17) is 14.7 Å². The van der Waals surface area contributed by atoms with Gasteiger partial charge in [-0.25, -0.2) is 24.3 Å². The maximum Gasteiger partial charge on any atom is 0.267 e. The maximum atomic E-state index is 12.5. The summed E-state index contributed by atoms with van der Waals surface area (Å²) in [4.78, 5) is 39.0. The lowest BCUT2D eigenvalue weighted by atomic mass is 10.2. The molecule has 4 fully saturated rings. The fraction of sp³-hybridized carbons (Fsp3) is 0.400. The first-order valence-corrected chi connectivity index (χ1v) is 19.6. The van der Waals surface area contributed by atoms with E-state index in [1.165, 1.54) is 85.5 Å². The van der Waals surface area contributed by atoms with Crippen molar-refractivity contribution >= 4 is 46.9 Å². The SMILES string of the molecule is Cc1nc(C)c(C(=O)Nc2ccc(-n3nc(C4CC4)cc3C3CC3)nc2)s1.Cc1noc(C)c1C(=O)Nc1ccc(-n2nc(C3CC3)cc2C2CC2)nc1.Cl. The van der Waals surface area contributed by atoms with Crippen LogP contribution in [0.4, 0.5) is 11.4 Å². The van der Waals surface area contributed by atoms with E-state index in [-0.39, 0.29) is 24.2 Å². The van der Waals surface area contributed by atoms with Gasteiger partial charge in [-0.3, -0.25) is 9.59 Å². The predicted molar refractivity (Wildman–Crippen MR) is 211 cm³/mol. The minimum Gasteiger partial charge on any atom is -0.361 e. The van der Waals surface area contributed by atoms with E-state index in [0.717, 1.165) is 22.3 Å². The molecule has 55 heavy (non-hydrogen) atoms. The maximum absolute atomic E-state index is 12.5. The van der Waals surface area contributed by atoms with Gasteiger partial charge in [-0.2, -0.15) is 10.2 Å². The Labute approximate surface area is 328 Å². The summed E-state index contributed by atoms with van der Waals surface area (Å²) in [6.07, 6.45) is 13.2. The topological polar surface area (TPSA) is 159 Å². The molecule has 284 valence electrons. The van der Waals surface area contributed by atoms with Gasteiger partial charge in [0, 0.05) is 35.1 Å². The van der Waals surface area contributed by atoms with Crippen molar-refractivity contribution in [3.63, 3.8) is 0 Å². The Hall–Kier alpha value is -5.21. The molecule has 2 amide bonds. The number of aryl methyl sites for hydroxylation is 4. The molecule has 6 aromatic rings. The molecule has 4 aliphatic rings. The van der Waals surface area contributed by atoms with Crippen molar-refractivity contribution in [3.8, 4) is 11.6 Å². The molecule has 4 saturated carbocycles.